The third-order valence-electron chi connectivity index (χ3n) is 2.89. The molecule has 0 saturated heterocycles. The van der Waals surface area contributed by atoms with Crippen LogP contribution in [0.15, 0.2) is 24.3 Å². The summed E-state index contributed by atoms with van der Waals surface area (Å²) in [5, 5.41) is 15.1. The molecule has 0 aliphatic heterocycles. The zero-order valence-corrected chi connectivity index (χ0v) is 10.3. The van der Waals surface area contributed by atoms with Crippen LogP contribution < -0.4 is 10.6 Å². The molecule has 0 unspecified atom stereocenters. The van der Waals surface area contributed by atoms with E-state index in [2.05, 4.69) is 16.7 Å². The van der Waals surface area contributed by atoms with Crippen molar-refractivity contribution in [2.45, 2.75) is 31.7 Å². The Morgan fingerprint density at radius 3 is 2.89 bits per heavy atom. The van der Waals surface area contributed by atoms with Crippen molar-refractivity contribution in [1.82, 2.24) is 5.32 Å². The van der Waals surface area contributed by atoms with Crippen molar-refractivity contribution in [3.63, 3.8) is 0 Å². The highest BCUT2D eigenvalue weighted by Crippen LogP contribution is 2.18. The van der Waals surface area contributed by atoms with Gasteiger partial charge in [0.25, 0.3) is 0 Å². The monoisotopic (exact) mass is 243 g/mol. The van der Waals surface area contributed by atoms with E-state index >= 15 is 0 Å². The Bertz CT molecular complexity index is 460. The van der Waals surface area contributed by atoms with Crippen LogP contribution in [0.5, 0.6) is 0 Å². The Morgan fingerprint density at radius 1 is 1.39 bits per heavy atom. The highest BCUT2D eigenvalue weighted by atomic mass is 16.1. The molecule has 1 saturated carbocycles. The molecule has 0 atom stereocenters. The minimum Gasteiger partial charge on any atom is -0.384 e. The van der Waals surface area contributed by atoms with Crippen LogP contribution in [0, 0.1) is 11.3 Å². The van der Waals surface area contributed by atoms with Gasteiger partial charge in [-0.15, -0.1) is 0 Å². The van der Waals surface area contributed by atoms with E-state index in [-0.39, 0.29) is 5.91 Å². The summed E-state index contributed by atoms with van der Waals surface area (Å²) in [4.78, 5) is 11.4. The molecule has 2 N–H and O–H groups in total. The van der Waals surface area contributed by atoms with E-state index in [9.17, 15) is 4.79 Å². The predicted octanol–water partition coefficient (Wildman–Crippen LogP) is 2.03. The maximum absolute atomic E-state index is 11.4. The normalized spacial score (nSPS) is 13.7. The van der Waals surface area contributed by atoms with Crippen molar-refractivity contribution < 1.29 is 4.79 Å². The molecule has 0 heterocycles. The summed E-state index contributed by atoms with van der Waals surface area (Å²) in [7, 11) is 0. The van der Waals surface area contributed by atoms with Crippen molar-refractivity contribution in [3.05, 3.63) is 29.8 Å². The molecule has 0 bridgehead atoms. The lowest BCUT2D eigenvalue weighted by molar-refractivity contribution is -0.121. The van der Waals surface area contributed by atoms with Gasteiger partial charge in [0.2, 0.25) is 5.91 Å². The first-order valence-corrected chi connectivity index (χ1v) is 6.32. The molecule has 1 amide bonds. The second-order valence-electron chi connectivity index (χ2n) is 4.53. The fraction of sp³-hybridized carbons (Fsp3) is 0.429. The van der Waals surface area contributed by atoms with Crippen LogP contribution in [0.2, 0.25) is 0 Å². The number of nitrogens with one attached hydrogen (secondary N) is 2. The molecule has 1 fully saturated rings. The number of nitrogens with zero attached hydrogens (tertiary/aromatic N) is 1. The Labute approximate surface area is 107 Å². The Balaban J connectivity index is 1.68. The summed E-state index contributed by atoms with van der Waals surface area (Å²) in [6.45, 7) is 0.705. The highest BCUT2D eigenvalue weighted by Gasteiger charge is 2.22. The largest absolute Gasteiger partial charge is 0.384 e. The third-order valence-corrected chi connectivity index (χ3v) is 2.89. The van der Waals surface area contributed by atoms with Gasteiger partial charge in [0, 0.05) is 19.0 Å². The minimum absolute atomic E-state index is 0.132. The second kappa shape index (κ2) is 6.06. The van der Waals surface area contributed by atoms with E-state index in [4.69, 9.17) is 5.26 Å². The number of hydrogen-bond acceptors (Lipinski definition) is 3. The van der Waals surface area contributed by atoms with Crippen LogP contribution in [-0.4, -0.2) is 18.5 Å². The average Bonchev–Trinajstić information content (AvgIpc) is 3.19. The Kier molecular flexibility index (Phi) is 4.19. The van der Waals surface area contributed by atoms with E-state index < -0.39 is 0 Å². The van der Waals surface area contributed by atoms with E-state index in [1.54, 1.807) is 6.07 Å². The molecule has 4 nitrogen and oxygen atoms in total. The zero-order valence-electron chi connectivity index (χ0n) is 10.3. The lowest BCUT2D eigenvalue weighted by atomic mass is 10.2. The molecular formula is C14H17N3O. The number of anilines is 1. The maximum atomic E-state index is 11.4. The fourth-order valence-corrected chi connectivity index (χ4v) is 1.73. The fourth-order valence-electron chi connectivity index (χ4n) is 1.73. The summed E-state index contributed by atoms with van der Waals surface area (Å²) in [6.07, 6.45) is 3.57. The second-order valence-corrected chi connectivity index (χ2v) is 4.53. The van der Waals surface area contributed by atoms with Crippen molar-refractivity contribution in [2.24, 2.45) is 0 Å². The van der Waals surface area contributed by atoms with Gasteiger partial charge in [0.05, 0.1) is 11.3 Å². The van der Waals surface area contributed by atoms with Crippen molar-refractivity contribution in [3.8, 4) is 6.07 Å². The highest BCUT2D eigenvalue weighted by molar-refractivity contribution is 5.76. The van der Waals surface area contributed by atoms with Crippen LogP contribution in [0.4, 0.5) is 5.69 Å². The van der Waals surface area contributed by atoms with Gasteiger partial charge >= 0.3 is 0 Å². The number of para-hydroxylation sites is 1. The number of amides is 1. The molecule has 0 radical (unpaired) electrons. The summed E-state index contributed by atoms with van der Waals surface area (Å²) in [5.74, 6) is 0.132. The van der Waals surface area contributed by atoms with E-state index in [0.717, 1.165) is 24.9 Å². The smallest absolute Gasteiger partial charge is 0.220 e. The molecule has 0 spiro atoms. The van der Waals surface area contributed by atoms with Gasteiger partial charge in [-0.05, 0) is 31.4 Å². The van der Waals surface area contributed by atoms with Gasteiger partial charge < -0.3 is 10.6 Å². The SMILES string of the molecule is N#Cc1ccccc1NCCCC(=O)NC1CC1. The molecular weight excluding hydrogens is 226 g/mol. The molecule has 4 heteroatoms. The number of benzene rings is 1. The molecule has 0 aromatic heterocycles. The van der Waals surface area contributed by atoms with Crippen molar-refractivity contribution >= 4 is 11.6 Å². The average molecular weight is 243 g/mol. The topological polar surface area (TPSA) is 64.9 Å². The van der Waals surface area contributed by atoms with E-state index in [0.29, 0.717) is 24.6 Å². The summed E-state index contributed by atoms with van der Waals surface area (Å²) in [5.41, 5.74) is 1.47. The van der Waals surface area contributed by atoms with Crippen LogP contribution in [0.25, 0.3) is 0 Å². The minimum atomic E-state index is 0.132. The van der Waals surface area contributed by atoms with Crippen LogP contribution in [0.3, 0.4) is 0 Å². The standard InChI is InChI=1S/C14H17N3O/c15-10-11-4-1-2-5-13(11)16-9-3-6-14(18)17-12-7-8-12/h1-2,4-5,12,16H,3,6-9H2,(H,17,18). The number of carbonyl (C=O) groups excluding carboxylic acids is 1. The molecule has 1 aliphatic rings. The number of rotatable bonds is 6. The molecule has 94 valence electrons. The summed E-state index contributed by atoms with van der Waals surface area (Å²) >= 11 is 0. The third kappa shape index (κ3) is 3.77. The lowest BCUT2D eigenvalue weighted by Crippen LogP contribution is -2.25. The first-order chi connectivity index (χ1) is 8.79. The predicted molar refractivity (Wildman–Crippen MR) is 70.0 cm³/mol. The Morgan fingerprint density at radius 2 is 2.17 bits per heavy atom. The molecule has 1 aromatic carbocycles. The van der Waals surface area contributed by atoms with Crippen LogP contribution >= 0.6 is 0 Å². The van der Waals surface area contributed by atoms with Crippen molar-refractivity contribution in [1.29, 1.82) is 5.26 Å². The van der Waals surface area contributed by atoms with E-state index in [1.165, 1.54) is 0 Å². The first-order valence-electron chi connectivity index (χ1n) is 6.32. The van der Waals surface area contributed by atoms with Gasteiger partial charge in [-0.3, -0.25) is 4.79 Å². The number of hydrogen-bond donors (Lipinski definition) is 2. The van der Waals surface area contributed by atoms with Crippen molar-refractivity contribution in [2.75, 3.05) is 11.9 Å². The summed E-state index contributed by atoms with van der Waals surface area (Å²) in [6, 6.07) is 9.96. The summed E-state index contributed by atoms with van der Waals surface area (Å²) < 4.78 is 0. The zero-order chi connectivity index (χ0) is 12.8. The molecule has 2 rings (SSSR count). The molecule has 18 heavy (non-hydrogen) atoms. The number of nitriles is 1. The van der Waals surface area contributed by atoms with Gasteiger partial charge in [0.1, 0.15) is 6.07 Å². The molecule has 1 aliphatic carbocycles. The number of carbonyl (C=O) groups is 1. The van der Waals surface area contributed by atoms with Crippen LogP contribution in [-0.2, 0) is 4.79 Å². The lowest BCUT2D eigenvalue weighted by Gasteiger charge is -2.07. The van der Waals surface area contributed by atoms with Crippen LogP contribution in [0.1, 0.15) is 31.2 Å². The maximum Gasteiger partial charge on any atom is 0.220 e. The van der Waals surface area contributed by atoms with E-state index in [1.807, 2.05) is 18.2 Å². The Hall–Kier alpha value is -2.02. The first kappa shape index (κ1) is 12.4. The van der Waals surface area contributed by atoms with Gasteiger partial charge in [-0.1, -0.05) is 12.1 Å². The van der Waals surface area contributed by atoms with Gasteiger partial charge in [0.15, 0.2) is 0 Å². The molecule has 1 aromatic rings. The quantitative estimate of drug-likeness (QED) is 0.751. The van der Waals surface area contributed by atoms with Gasteiger partial charge in [-0.2, -0.15) is 5.26 Å². The van der Waals surface area contributed by atoms with Gasteiger partial charge in [-0.25, -0.2) is 0 Å².